The Morgan fingerprint density at radius 3 is 2.74 bits per heavy atom. The van der Waals surface area contributed by atoms with Crippen LogP contribution in [0.5, 0.6) is 5.75 Å². The first-order valence-electron chi connectivity index (χ1n) is 9.04. The number of nitrogens with zero attached hydrogens (tertiary/aromatic N) is 1. The molecule has 1 aromatic carbocycles. The molecule has 2 heterocycles. The predicted molar refractivity (Wildman–Crippen MR) is 104 cm³/mol. The van der Waals surface area contributed by atoms with Crippen LogP contribution in [0.1, 0.15) is 47.0 Å². The number of hydrogen-bond donors (Lipinski definition) is 1. The third-order valence-corrected chi connectivity index (χ3v) is 7.50. The number of thiophene rings is 1. The maximum absolute atomic E-state index is 13.1. The van der Waals surface area contributed by atoms with Crippen LogP contribution in [0, 0.1) is 0 Å². The maximum Gasteiger partial charge on any atom is 0.254 e. The Hall–Kier alpha value is -1.90. The maximum atomic E-state index is 13.1. The molecule has 1 saturated carbocycles. The highest BCUT2D eigenvalue weighted by atomic mass is 32.2. The first-order valence-corrected chi connectivity index (χ1v) is 11.4. The molecule has 1 unspecified atom stereocenters. The number of ether oxygens (including phenoxy) is 1. The van der Waals surface area contributed by atoms with Crippen LogP contribution in [-0.4, -0.2) is 38.9 Å². The van der Waals surface area contributed by atoms with E-state index in [4.69, 9.17) is 4.74 Å². The molecule has 2 aromatic rings. The van der Waals surface area contributed by atoms with Crippen LogP contribution < -0.4 is 9.46 Å². The normalized spacial score (nSPS) is 20.0. The van der Waals surface area contributed by atoms with Crippen LogP contribution in [0.15, 0.2) is 40.6 Å². The van der Waals surface area contributed by atoms with E-state index in [-0.39, 0.29) is 28.6 Å². The van der Waals surface area contributed by atoms with Crippen LogP contribution >= 0.6 is 11.3 Å². The molecule has 4 rings (SSSR count). The summed E-state index contributed by atoms with van der Waals surface area (Å²) in [6.07, 6.45) is 3.56. The van der Waals surface area contributed by atoms with Crippen molar-refractivity contribution in [1.29, 1.82) is 0 Å². The van der Waals surface area contributed by atoms with E-state index in [1.54, 1.807) is 23.5 Å². The molecule has 0 spiro atoms. The summed E-state index contributed by atoms with van der Waals surface area (Å²) in [6, 6.07) is 8.72. The molecule has 1 amide bonds. The number of nitrogens with one attached hydrogen (secondary N) is 1. The van der Waals surface area contributed by atoms with Gasteiger partial charge in [-0.3, -0.25) is 4.79 Å². The molecule has 1 atom stereocenters. The lowest BCUT2D eigenvalue weighted by Crippen LogP contribution is -2.31. The quantitative estimate of drug-likeness (QED) is 0.799. The van der Waals surface area contributed by atoms with Crippen molar-refractivity contribution in [3.05, 3.63) is 46.2 Å². The Morgan fingerprint density at radius 1 is 1.26 bits per heavy atom. The van der Waals surface area contributed by atoms with Crippen molar-refractivity contribution in [2.75, 3.05) is 13.7 Å². The lowest BCUT2D eigenvalue weighted by molar-refractivity contribution is 0.0737. The van der Waals surface area contributed by atoms with Crippen molar-refractivity contribution < 1.29 is 17.9 Å². The largest absolute Gasteiger partial charge is 0.495 e. The number of rotatable bonds is 6. The average molecular weight is 407 g/mol. The lowest BCUT2D eigenvalue weighted by atomic mass is 10.1. The fourth-order valence-electron chi connectivity index (χ4n) is 3.46. The molecule has 8 heteroatoms. The van der Waals surface area contributed by atoms with E-state index in [2.05, 4.69) is 4.72 Å². The molecule has 2 aliphatic rings. The summed E-state index contributed by atoms with van der Waals surface area (Å²) in [5, 5.41) is 2.01. The van der Waals surface area contributed by atoms with Crippen LogP contribution in [0.25, 0.3) is 0 Å². The number of hydrogen-bond acceptors (Lipinski definition) is 5. The summed E-state index contributed by atoms with van der Waals surface area (Å²) in [4.78, 5) is 16.2. The van der Waals surface area contributed by atoms with Crippen molar-refractivity contribution in [2.45, 2.75) is 42.7 Å². The Balaban J connectivity index is 1.65. The van der Waals surface area contributed by atoms with Gasteiger partial charge in [-0.1, -0.05) is 6.07 Å². The van der Waals surface area contributed by atoms with Crippen molar-refractivity contribution in [1.82, 2.24) is 9.62 Å². The summed E-state index contributed by atoms with van der Waals surface area (Å²) < 4.78 is 33.3. The second-order valence-electron chi connectivity index (χ2n) is 6.93. The molecule has 1 aromatic heterocycles. The Labute approximate surface area is 163 Å². The molecule has 6 nitrogen and oxygen atoms in total. The molecule has 1 saturated heterocycles. The van der Waals surface area contributed by atoms with Crippen LogP contribution in [0.3, 0.4) is 0 Å². The van der Waals surface area contributed by atoms with Crippen LogP contribution in [0.4, 0.5) is 0 Å². The number of methoxy groups -OCH3 is 1. The fourth-order valence-corrected chi connectivity index (χ4v) is 5.83. The highest BCUT2D eigenvalue weighted by Gasteiger charge is 2.33. The van der Waals surface area contributed by atoms with Gasteiger partial charge in [0, 0.05) is 23.0 Å². The standard InChI is InChI=1S/C19H22N2O4S2/c1-25-16-9-6-13(12-18(16)27(23,24)20-14-7-8-14)19(22)21-10-2-4-15(21)17-5-3-11-26-17/h3,5-6,9,11-12,14-15,20H,2,4,7-8,10H2,1H3. The molecule has 1 aliphatic heterocycles. The highest BCUT2D eigenvalue weighted by molar-refractivity contribution is 7.89. The van der Waals surface area contributed by atoms with Crippen molar-refractivity contribution >= 4 is 27.3 Å². The van der Waals surface area contributed by atoms with E-state index in [1.807, 2.05) is 22.4 Å². The molecule has 2 fully saturated rings. The van der Waals surface area contributed by atoms with Gasteiger partial charge < -0.3 is 9.64 Å². The number of sulfonamides is 1. The molecular formula is C19H22N2O4S2. The SMILES string of the molecule is COc1ccc(C(=O)N2CCCC2c2cccs2)cc1S(=O)(=O)NC1CC1. The second kappa shape index (κ2) is 7.26. The number of likely N-dealkylation sites (tertiary alicyclic amines) is 1. The fraction of sp³-hybridized carbons (Fsp3) is 0.421. The number of benzene rings is 1. The molecule has 1 N–H and O–H groups in total. The first-order chi connectivity index (χ1) is 13.0. The van der Waals surface area contributed by atoms with Crippen molar-refractivity contribution in [2.24, 2.45) is 0 Å². The zero-order valence-corrected chi connectivity index (χ0v) is 16.7. The second-order valence-corrected chi connectivity index (χ2v) is 9.59. The van der Waals surface area contributed by atoms with Crippen LogP contribution in [0.2, 0.25) is 0 Å². The van der Waals surface area contributed by atoms with E-state index < -0.39 is 10.0 Å². The molecule has 27 heavy (non-hydrogen) atoms. The third-order valence-electron chi connectivity index (χ3n) is 4.98. The Morgan fingerprint density at radius 2 is 2.07 bits per heavy atom. The van der Waals surface area contributed by atoms with Crippen LogP contribution in [-0.2, 0) is 10.0 Å². The monoisotopic (exact) mass is 406 g/mol. The van der Waals surface area contributed by atoms with E-state index in [0.29, 0.717) is 12.1 Å². The first kappa shape index (κ1) is 18.5. The van der Waals surface area contributed by atoms with E-state index in [0.717, 1.165) is 30.6 Å². The Kier molecular flexibility index (Phi) is 4.96. The smallest absolute Gasteiger partial charge is 0.254 e. The van der Waals surface area contributed by atoms with Gasteiger partial charge in [0.25, 0.3) is 5.91 Å². The van der Waals surface area contributed by atoms with E-state index >= 15 is 0 Å². The third kappa shape index (κ3) is 3.74. The number of carbonyl (C=O) groups is 1. The molecule has 1 aliphatic carbocycles. The molecule has 144 valence electrons. The van der Waals surface area contributed by atoms with Crippen molar-refractivity contribution in [3.63, 3.8) is 0 Å². The summed E-state index contributed by atoms with van der Waals surface area (Å²) in [7, 11) is -2.29. The minimum Gasteiger partial charge on any atom is -0.495 e. The summed E-state index contributed by atoms with van der Waals surface area (Å²) in [5.41, 5.74) is 0.371. The minimum atomic E-state index is -3.72. The van der Waals surface area contributed by atoms with Gasteiger partial charge in [-0.25, -0.2) is 13.1 Å². The highest BCUT2D eigenvalue weighted by Crippen LogP contribution is 2.36. The summed E-state index contributed by atoms with van der Waals surface area (Å²) >= 11 is 1.64. The van der Waals surface area contributed by atoms with E-state index in [1.165, 1.54) is 13.2 Å². The average Bonchev–Trinajstić information content (AvgIpc) is 3.14. The molecular weight excluding hydrogens is 384 g/mol. The Bertz CT molecular complexity index is 937. The molecule has 0 radical (unpaired) electrons. The minimum absolute atomic E-state index is 0.0131. The van der Waals surface area contributed by atoms with Gasteiger partial charge in [-0.05, 0) is 55.3 Å². The summed E-state index contributed by atoms with van der Waals surface area (Å²) in [6.45, 7) is 0.676. The topological polar surface area (TPSA) is 75.7 Å². The van der Waals surface area contributed by atoms with Gasteiger partial charge >= 0.3 is 0 Å². The van der Waals surface area contributed by atoms with Gasteiger partial charge in [-0.15, -0.1) is 11.3 Å². The predicted octanol–water partition coefficient (Wildman–Crippen LogP) is 3.17. The lowest BCUT2D eigenvalue weighted by Gasteiger charge is -2.24. The van der Waals surface area contributed by atoms with Crippen molar-refractivity contribution in [3.8, 4) is 5.75 Å². The molecule has 0 bridgehead atoms. The van der Waals surface area contributed by atoms with Gasteiger partial charge in [0.15, 0.2) is 0 Å². The number of carbonyl (C=O) groups excluding carboxylic acids is 1. The van der Waals surface area contributed by atoms with Gasteiger partial charge in [0.05, 0.1) is 13.2 Å². The van der Waals surface area contributed by atoms with Gasteiger partial charge in [0.1, 0.15) is 10.6 Å². The van der Waals surface area contributed by atoms with E-state index in [9.17, 15) is 13.2 Å². The zero-order valence-electron chi connectivity index (χ0n) is 15.1. The summed E-state index contributed by atoms with van der Waals surface area (Å²) in [5.74, 6) is 0.104. The number of amides is 1. The van der Waals surface area contributed by atoms with Gasteiger partial charge in [-0.2, -0.15) is 0 Å². The zero-order chi connectivity index (χ0) is 19.0. The van der Waals surface area contributed by atoms with Gasteiger partial charge in [0.2, 0.25) is 10.0 Å².